The lowest BCUT2D eigenvalue weighted by Crippen LogP contribution is -2.23. The van der Waals surface area contributed by atoms with Crippen molar-refractivity contribution in [2.24, 2.45) is 5.41 Å². The predicted octanol–water partition coefficient (Wildman–Crippen LogP) is 1.85. The molecule has 1 aromatic carbocycles. The molecule has 0 atom stereocenters. The predicted molar refractivity (Wildman–Crippen MR) is 82.8 cm³/mol. The first-order valence-corrected chi connectivity index (χ1v) is 8.98. The van der Waals surface area contributed by atoms with E-state index in [9.17, 15) is 18.0 Å². The maximum atomic E-state index is 12.1. The topological polar surface area (TPSA) is 101 Å². The van der Waals surface area contributed by atoms with Crippen LogP contribution in [0.2, 0.25) is 0 Å². The molecule has 1 amide bonds. The highest BCUT2D eigenvalue weighted by atomic mass is 32.2. The zero-order chi connectivity index (χ0) is 16.5. The van der Waals surface area contributed by atoms with Crippen molar-refractivity contribution in [2.75, 3.05) is 17.3 Å². The summed E-state index contributed by atoms with van der Waals surface area (Å²) in [5.74, 6) is -1.33. The highest BCUT2D eigenvalue weighted by molar-refractivity contribution is 7.90. The number of carbonyl (C=O) groups excluding carboxylic acids is 1. The standard InChI is InChI=1S/C15H19NO5S/c1-10-3-4-11(14(18)19)7-12(10)16-13(17)8-15(5-6-15)9-22(2,20)21/h3-4,7H,5-6,8-9H2,1-2H3,(H,16,17)(H,18,19). The van der Waals surface area contributed by atoms with Crippen LogP contribution in [0.1, 0.15) is 35.2 Å². The van der Waals surface area contributed by atoms with Gasteiger partial charge in [0.15, 0.2) is 0 Å². The van der Waals surface area contributed by atoms with E-state index in [4.69, 9.17) is 5.11 Å². The number of carboxylic acids is 1. The van der Waals surface area contributed by atoms with Gasteiger partial charge >= 0.3 is 5.97 Å². The largest absolute Gasteiger partial charge is 0.478 e. The Kier molecular flexibility index (Phi) is 4.28. The second-order valence-electron chi connectivity index (χ2n) is 6.13. The van der Waals surface area contributed by atoms with Crippen molar-refractivity contribution in [3.8, 4) is 0 Å². The normalized spacial score (nSPS) is 16.1. The van der Waals surface area contributed by atoms with Crippen molar-refractivity contribution >= 4 is 27.4 Å². The number of amides is 1. The van der Waals surface area contributed by atoms with E-state index in [2.05, 4.69) is 5.32 Å². The van der Waals surface area contributed by atoms with Gasteiger partial charge in [-0.15, -0.1) is 0 Å². The van der Waals surface area contributed by atoms with Crippen molar-refractivity contribution in [1.82, 2.24) is 0 Å². The van der Waals surface area contributed by atoms with Gasteiger partial charge in [0, 0.05) is 18.4 Å². The first-order valence-electron chi connectivity index (χ1n) is 6.92. The smallest absolute Gasteiger partial charge is 0.335 e. The van der Waals surface area contributed by atoms with Crippen LogP contribution in [0.4, 0.5) is 5.69 Å². The number of aryl methyl sites for hydroxylation is 1. The van der Waals surface area contributed by atoms with E-state index in [0.29, 0.717) is 5.69 Å². The molecule has 2 N–H and O–H groups in total. The Morgan fingerprint density at radius 1 is 1.32 bits per heavy atom. The molecule has 1 aromatic rings. The van der Waals surface area contributed by atoms with Gasteiger partial charge in [-0.2, -0.15) is 0 Å². The maximum Gasteiger partial charge on any atom is 0.335 e. The van der Waals surface area contributed by atoms with E-state index in [1.807, 2.05) is 0 Å². The molecule has 7 heteroatoms. The number of hydrogen-bond acceptors (Lipinski definition) is 4. The molecular weight excluding hydrogens is 306 g/mol. The first kappa shape index (κ1) is 16.5. The average Bonchev–Trinajstić information content (AvgIpc) is 3.08. The fraction of sp³-hybridized carbons (Fsp3) is 0.467. The Bertz CT molecular complexity index is 719. The molecule has 6 nitrogen and oxygen atoms in total. The minimum Gasteiger partial charge on any atom is -0.478 e. The summed E-state index contributed by atoms with van der Waals surface area (Å²) < 4.78 is 22.8. The molecular formula is C15H19NO5S. The van der Waals surface area contributed by atoms with Gasteiger partial charge < -0.3 is 10.4 Å². The zero-order valence-electron chi connectivity index (χ0n) is 12.5. The number of aromatic carboxylic acids is 1. The fourth-order valence-corrected chi connectivity index (χ4v) is 4.03. The summed E-state index contributed by atoms with van der Waals surface area (Å²) in [6, 6.07) is 4.51. The minimum absolute atomic E-state index is 0.0154. The summed E-state index contributed by atoms with van der Waals surface area (Å²) >= 11 is 0. The summed E-state index contributed by atoms with van der Waals surface area (Å²) in [4.78, 5) is 23.1. The number of sulfone groups is 1. The van der Waals surface area contributed by atoms with Crippen LogP contribution in [0.5, 0.6) is 0 Å². The molecule has 0 saturated heterocycles. The van der Waals surface area contributed by atoms with Crippen LogP contribution in [0, 0.1) is 12.3 Å². The van der Waals surface area contributed by atoms with E-state index in [1.165, 1.54) is 18.4 Å². The fourth-order valence-electron chi connectivity index (χ4n) is 2.53. The third kappa shape index (κ3) is 4.30. The van der Waals surface area contributed by atoms with Crippen molar-refractivity contribution < 1.29 is 23.1 Å². The molecule has 0 radical (unpaired) electrons. The number of anilines is 1. The summed E-state index contributed by atoms with van der Waals surface area (Å²) in [5, 5.41) is 11.7. The average molecular weight is 325 g/mol. The van der Waals surface area contributed by atoms with Gasteiger partial charge in [-0.25, -0.2) is 13.2 Å². The molecule has 120 valence electrons. The molecule has 1 aliphatic carbocycles. The third-order valence-corrected chi connectivity index (χ3v) is 4.96. The zero-order valence-corrected chi connectivity index (χ0v) is 13.4. The van der Waals surface area contributed by atoms with Crippen molar-refractivity contribution in [2.45, 2.75) is 26.2 Å². The van der Waals surface area contributed by atoms with E-state index >= 15 is 0 Å². The van der Waals surface area contributed by atoms with Gasteiger partial charge in [-0.1, -0.05) is 6.07 Å². The van der Waals surface area contributed by atoms with E-state index in [1.54, 1.807) is 13.0 Å². The molecule has 1 fully saturated rings. The Hall–Kier alpha value is -1.89. The highest BCUT2D eigenvalue weighted by Gasteiger charge is 2.46. The number of rotatable bonds is 6. The summed E-state index contributed by atoms with van der Waals surface area (Å²) in [7, 11) is -3.12. The second-order valence-corrected chi connectivity index (χ2v) is 8.27. The quantitative estimate of drug-likeness (QED) is 0.831. The van der Waals surface area contributed by atoms with Gasteiger partial charge in [0.2, 0.25) is 5.91 Å². The number of carbonyl (C=O) groups is 2. The third-order valence-electron chi connectivity index (χ3n) is 3.82. The molecule has 0 heterocycles. The van der Waals surface area contributed by atoms with E-state index in [-0.39, 0.29) is 23.6 Å². The highest BCUT2D eigenvalue weighted by Crippen LogP contribution is 2.49. The Labute approximate surface area is 129 Å². The number of benzene rings is 1. The molecule has 2 rings (SSSR count). The lowest BCUT2D eigenvalue weighted by atomic mass is 10.0. The Balaban J connectivity index is 2.07. The Morgan fingerprint density at radius 3 is 2.45 bits per heavy atom. The van der Waals surface area contributed by atoms with Crippen LogP contribution >= 0.6 is 0 Å². The number of carboxylic acid groups (broad SMARTS) is 1. The molecule has 0 unspecified atom stereocenters. The van der Waals surface area contributed by atoms with Gasteiger partial charge in [-0.05, 0) is 42.9 Å². The van der Waals surface area contributed by atoms with Gasteiger partial charge in [0.25, 0.3) is 0 Å². The van der Waals surface area contributed by atoms with Crippen LogP contribution in [0.15, 0.2) is 18.2 Å². The monoisotopic (exact) mass is 325 g/mol. The van der Waals surface area contributed by atoms with Crippen LogP contribution in [0.25, 0.3) is 0 Å². The maximum absolute atomic E-state index is 12.1. The molecule has 1 saturated carbocycles. The SMILES string of the molecule is Cc1ccc(C(=O)O)cc1NC(=O)CC1(CS(C)(=O)=O)CC1. The van der Waals surface area contributed by atoms with Crippen molar-refractivity contribution in [1.29, 1.82) is 0 Å². The summed E-state index contributed by atoms with van der Waals surface area (Å²) in [6.45, 7) is 1.77. The molecule has 0 spiro atoms. The van der Waals surface area contributed by atoms with E-state index < -0.39 is 21.2 Å². The second kappa shape index (κ2) is 5.72. The van der Waals surface area contributed by atoms with Gasteiger partial charge in [0.05, 0.1) is 11.3 Å². The summed E-state index contributed by atoms with van der Waals surface area (Å²) in [5.41, 5.74) is 0.847. The van der Waals surface area contributed by atoms with Crippen molar-refractivity contribution in [3.05, 3.63) is 29.3 Å². The number of nitrogens with one attached hydrogen (secondary N) is 1. The lowest BCUT2D eigenvalue weighted by molar-refractivity contribution is -0.117. The van der Waals surface area contributed by atoms with Crippen LogP contribution in [0.3, 0.4) is 0 Å². The van der Waals surface area contributed by atoms with Crippen LogP contribution in [-0.4, -0.2) is 37.4 Å². The van der Waals surface area contributed by atoms with Crippen molar-refractivity contribution in [3.63, 3.8) is 0 Å². The lowest BCUT2D eigenvalue weighted by Gasteiger charge is -2.15. The van der Waals surface area contributed by atoms with E-state index in [0.717, 1.165) is 18.4 Å². The van der Waals surface area contributed by atoms with Crippen LogP contribution < -0.4 is 5.32 Å². The molecule has 0 aliphatic heterocycles. The molecule has 0 aromatic heterocycles. The molecule has 0 bridgehead atoms. The number of hydrogen-bond donors (Lipinski definition) is 2. The van der Waals surface area contributed by atoms with Crippen LogP contribution in [-0.2, 0) is 14.6 Å². The molecule has 1 aliphatic rings. The van der Waals surface area contributed by atoms with Gasteiger partial charge in [-0.3, -0.25) is 4.79 Å². The molecule has 22 heavy (non-hydrogen) atoms. The van der Waals surface area contributed by atoms with Gasteiger partial charge in [0.1, 0.15) is 9.84 Å². The Morgan fingerprint density at radius 2 is 1.95 bits per heavy atom. The minimum atomic E-state index is -3.12. The summed E-state index contributed by atoms with van der Waals surface area (Å²) in [6.07, 6.45) is 2.76. The first-order chi connectivity index (χ1) is 10.1.